The fourth-order valence-corrected chi connectivity index (χ4v) is 1.99. The van der Waals surface area contributed by atoms with Crippen molar-refractivity contribution in [2.45, 2.75) is 26.3 Å². The molecule has 0 heterocycles. The van der Waals surface area contributed by atoms with E-state index in [-0.39, 0.29) is 0 Å². The lowest BCUT2D eigenvalue weighted by Gasteiger charge is -2.08. The molecule has 0 aliphatic carbocycles. The summed E-state index contributed by atoms with van der Waals surface area (Å²) in [5.74, 6) is -0.831. The zero-order valence-electron chi connectivity index (χ0n) is 12.8. The van der Waals surface area contributed by atoms with E-state index in [1.54, 1.807) is 24.3 Å². The molecule has 2 amide bonds. The minimum absolute atomic E-state index is 0.333. The summed E-state index contributed by atoms with van der Waals surface area (Å²) < 4.78 is 0. The van der Waals surface area contributed by atoms with Crippen LogP contribution in [-0.2, 0) is 16.1 Å². The maximum Gasteiger partial charge on any atom is 0.313 e. The van der Waals surface area contributed by atoms with Gasteiger partial charge in [-0.05, 0) is 29.2 Å². The first-order chi connectivity index (χ1) is 10.6. The topological polar surface area (TPSA) is 58.2 Å². The molecule has 0 radical (unpaired) electrons. The fourth-order valence-electron chi connectivity index (χ4n) is 1.99. The zero-order chi connectivity index (χ0) is 15.9. The van der Waals surface area contributed by atoms with Crippen molar-refractivity contribution < 1.29 is 9.59 Å². The molecule has 22 heavy (non-hydrogen) atoms. The van der Waals surface area contributed by atoms with Crippen molar-refractivity contribution in [3.63, 3.8) is 0 Å². The second-order valence-electron chi connectivity index (χ2n) is 5.40. The number of carbonyl (C=O) groups excluding carboxylic acids is 2. The number of nitrogens with one attached hydrogen (secondary N) is 2. The highest BCUT2D eigenvalue weighted by molar-refractivity contribution is 6.39. The van der Waals surface area contributed by atoms with Gasteiger partial charge in [0.05, 0.1) is 0 Å². The summed E-state index contributed by atoms with van der Waals surface area (Å²) in [6, 6.07) is 16.9. The molecule has 0 aromatic heterocycles. The second-order valence-corrected chi connectivity index (χ2v) is 5.40. The van der Waals surface area contributed by atoms with Crippen LogP contribution in [0.2, 0.25) is 0 Å². The Morgan fingerprint density at radius 3 is 2.14 bits per heavy atom. The quantitative estimate of drug-likeness (QED) is 0.852. The zero-order valence-corrected chi connectivity index (χ0v) is 12.8. The Bertz CT molecular complexity index is 634. The molecule has 0 unspecified atom stereocenters. The smallest absolute Gasteiger partial charge is 0.313 e. The first-order valence-corrected chi connectivity index (χ1v) is 7.29. The number of benzene rings is 2. The Kier molecular flexibility index (Phi) is 5.31. The molecular weight excluding hydrogens is 276 g/mol. The summed E-state index contributed by atoms with van der Waals surface area (Å²) in [6.07, 6.45) is 0. The summed E-state index contributed by atoms with van der Waals surface area (Å²) in [4.78, 5) is 23.5. The lowest BCUT2D eigenvalue weighted by molar-refractivity contribution is -0.136. The van der Waals surface area contributed by atoms with E-state index in [2.05, 4.69) is 24.5 Å². The molecule has 2 rings (SSSR count). The van der Waals surface area contributed by atoms with E-state index in [0.29, 0.717) is 18.2 Å². The molecule has 4 nitrogen and oxygen atoms in total. The lowest BCUT2D eigenvalue weighted by Crippen LogP contribution is -2.34. The molecule has 2 aromatic rings. The Balaban J connectivity index is 1.85. The van der Waals surface area contributed by atoms with Crippen LogP contribution in [0.15, 0.2) is 54.6 Å². The minimum Gasteiger partial charge on any atom is -0.344 e. The summed E-state index contributed by atoms with van der Waals surface area (Å²) in [7, 11) is 0. The van der Waals surface area contributed by atoms with Crippen LogP contribution in [-0.4, -0.2) is 11.8 Å². The van der Waals surface area contributed by atoms with Gasteiger partial charge in [-0.1, -0.05) is 56.3 Å². The van der Waals surface area contributed by atoms with E-state index in [1.165, 1.54) is 5.56 Å². The first-order valence-electron chi connectivity index (χ1n) is 7.29. The maximum absolute atomic E-state index is 11.8. The third kappa shape index (κ3) is 4.45. The molecule has 0 bridgehead atoms. The van der Waals surface area contributed by atoms with Crippen molar-refractivity contribution in [2.75, 3.05) is 5.32 Å². The average molecular weight is 296 g/mol. The van der Waals surface area contributed by atoms with Crippen LogP contribution in [0, 0.1) is 0 Å². The van der Waals surface area contributed by atoms with Gasteiger partial charge in [-0.15, -0.1) is 0 Å². The van der Waals surface area contributed by atoms with Crippen LogP contribution in [0.5, 0.6) is 0 Å². The van der Waals surface area contributed by atoms with Gasteiger partial charge in [0, 0.05) is 12.2 Å². The van der Waals surface area contributed by atoms with Crippen LogP contribution in [0.1, 0.15) is 30.9 Å². The highest BCUT2D eigenvalue weighted by atomic mass is 16.2. The van der Waals surface area contributed by atoms with E-state index in [1.807, 2.05) is 30.3 Å². The molecule has 0 saturated heterocycles. The third-order valence-corrected chi connectivity index (χ3v) is 3.34. The second kappa shape index (κ2) is 7.41. The molecule has 0 aliphatic rings. The number of anilines is 1. The SMILES string of the molecule is CC(C)c1ccc(CNC(=O)C(=O)Nc2ccccc2)cc1. The molecule has 114 valence electrons. The monoisotopic (exact) mass is 296 g/mol. The van der Waals surface area contributed by atoms with Gasteiger partial charge in [0.1, 0.15) is 0 Å². The molecule has 4 heteroatoms. The van der Waals surface area contributed by atoms with Crippen molar-refractivity contribution >= 4 is 17.5 Å². The van der Waals surface area contributed by atoms with Gasteiger partial charge in [-0.25, -0.2) is 0 Å². The van der Waals surface area contributed by atoms with Crippen molar-refractivity contribution in [3.05, 3.63) is 65.7 Å². The number of hydrogen-bond donors (Lipinski definition) is 2. The van der Waals surface area contributed by atoms with Gasteiger partial charge < -0.3 is 10.6 Å². The van der Waals surface area contributed by atoms with Crippen LogP contribution in [0.4, 0.5) is 5.69 Å². The predicted octanol–water partition coefficient (Wildman–Crippen LogP) is 3.06. The molecule has 2 aromatic carbocycles. The van der Waals surface area contributed by atoms with Gasteiger partial charge >= 0.3 is 11.8 Å². The molecule has 0 atom stereocenters. The largest absolute Gasteiger partial charge is 0.344 e. The number of para-hydroxylation sites is 1. The van der Waals surface area contributed by atoms with E-state index >= 15 is 0 Å². The van der Waals surface area contributed by atoms with Crippen molar-refractivity contribution in [1.82, 2.24) is 5.32 Å². The van der Waals surface area contributed by atoms with Crippen LogP contribution < -0.4 is 10.6 Å². The van der Waals surface area contributed by atoms with E-state index in [4.69, 9.17) is 0 Å². The standard InChI is InChI=1S/C18H20N2O2/c1-13(2)15-10-8-14(9-11-15)12-19-17(21)18(22)20-16-6-4-3-5-7-16/h3-11,13H,12H2,1-2H3,(H,19,21)(H,20,22). The predicted molar refractivity (Wildman–Crippen MR) is 87.4 cm³/mol. The van der Waals surface area contributed by atoms with Crippen LogP contribution in [0.3, 0.4) is 0 Å². The van der Waals surface area contributed by atoms with Gasteiger partial charge in [-0.3, -0.25) is 9.59 Å². The summed E-state index contributed by atoms with van der Waals surface area (Å²) in [5, 5.41) is 5.17. The van der Waals surface area contributed by atoms with Crippen LogP contribution >= 0.6 is 0 Å². The Hall–Kier alpha value is -2.62. The average Bonchev–Trinajstić information content (AvgIpc) is 2.53. The fraction of sp³-hybridized carbons (Fsp3) is 0.222. The normalized spacial score (nSPS) is 10.3. The summed E-state index contributed by atoms with van der Waals surface area (Å²) >= 11 is 0. The van der Waals surface area contributed by atoms with Gasteiger partial charge in [0.2, 0.25) is 0 Å². The van der Waals surface area contributed by atoms with E-state index in [0.717, 1.165) is 5.56 Å². The number of rotatable bonds is 4. The van der Waals surface area contributed by atoms with Crippen LogP contribution in [0.25, 0.3) is 0 Å². The van der Waals surface area contributed by atoms with Gasteiger partial charge in [-0.2, -0.15) is 0 Å². The molecule has 0 spiro atoms. The van der Waals surface area contributed by atoms with E-state index < -0.39 is 11.8 Å². The minimum atomic E-state index is -0.662. The highest BCUT2D eigenvalue weighted by Gasteiger charge is 2.13. The summed E-state index contributed by atoms with van der Waals surface area (Å²) in [5.41, 5.74) is 2.81. The molecule has 0 saturated carbocycles. The molecule has 2 N–H and O–H groups in total. The third-order valence-electron chi connectivity index (χ3n) is 3.34. The van der Waals surface area contributed by atoms with Crippen molar-refractivity contribution in [3.8, 4) is 0 Å². The lowest BCUT2D eigenvalue weighted by atomic mass is 10.0. The highest BCUT2D eigenvalue weighted by Crippen LogP contribution is 2.14. The maximum atomic E-state index is 11.8. The van der Waals surface area contributed by atoms with Crippen molar-refractivity contribution in [1.29, 1.82) is 0 Å². The Morgan fingerprint density at radius 1 is 0.909 bits per heavy atom. The van der Waals surface area contributed by atoms with E-state index in [9.17, 15) is 9.59 Å². The summed E-state index contributed by atoms with van der Waals surface area (Å²) in [6.45, 7) is 4.59. The number of amides is 2. The first kappa shape index (κ1) is 15.8. The Morgan fingerprint density at radius 2 is 1.55 bits per heavy atom. The molecule has 0 aliphatic heterocycles. The number of hydrogen-bond acceptors (Lipinski definition) is 2. The molecular formula is C18H20N2O2. The van der Waals surface area contributed by atoms with Gasteiger partial charge in [0.15, 0.2) is 0 Å². The van der Waals surface area contributed by atoms with Crippen molar-refractivity contribution in [2.24, 2.45) is 0 Å². The molecule has 0 fully saturated rings. The Labute approximate surface area is 130 Å². The van der Waals surface area contributed by atoms with Gasteiger partial charge in [0.25, 0.3) is 0 Å². The number of carbonyl (C=O) groups is 2.